The predicted molar refractivity (Wildman–Crippen MR) is 110 cm³/mol. The molecule has 0 saturated carbocycles. The Morgan fingerprint density at radius 2 is 1.38 bits per heavy atom. The number of hydrogen-bond acceptors (Lipinski definition) is 7. The van der Waals surface area contributed by atoms with E-state index >= 15 is 0 Å². The highest BCUT2D eigenvalue weighted by molar-refractivity contribution is 8.13. The largest absolute Gasteiger partial charge is 0.500 e. The molecule has 0 radical (unpaired) electrons. The summed E-state index contributed by atoms with van der Waals surface area (Å²) in [6, 6.07) is 5.10. The Labute approximate surface area is 195 Å². The first kappa shape index (κ1) is 32.7. The van der Waals surface area contributed by atoms with Gasteiger partial charge in [-0.15, -0.1) is 0 Å². The summed E-state index contributed by atoms with van der Waals surface area (Å²) in [6.07, 6.45) is 5.29. The normalized spacial score (nSPS) is 13.5. The molecule has 0 unspecified atom stereocenters. The molecule has 1 heterocycles. The van der Waals surface area contributed by atoms with Crippen LogP contribution in [0.5, 0.6) is 0 Å². The number of rotatable bonds is 10. The number of hydrogen-bond donors (Lipinski definition) is 0. The predicted octanol–water partition coefficient (Wildman–Crippen LogP) is 3.43. The summed E-state index contributed by atoms with van der Waals surface area (Å²) < 4.78 is 128. The first-order valence-corrected chi connectivity index (χ1v) is 14.1. The SMILES string of the molecule is CO[Si](CCC[n+]1cccc(C(C)C)c1)(OC)OC.O=S(=O)([N-]S(=O)(=O)C(F)(F)F)C(F)(F)F. The molecule has 0 bridgehead atoms. The fraction of sp³-hybridized carbons (Fsp3) is 0.688. The molecular weight excluding hydrogens is 538 g/mol. The van der Waals surface area contributed by atoms with Crippen LogP contribution in [-0.4, -0.2) is 58.0 Å². The van der Waals surface area contributed by atoms with E-state index in [0.717, 1.165) is 23.1 Å². The van der Waals surface area contributed by atoms with E-state index in [-0.39, 0.29) is 0 Å². The van der Waals surface area contributed by atoms with Crippen LogP contribution < -0.4 is 4.57 Å². The van der Waals surface area contributed by atoms with Crippen molar-refractivity contribution in [1.82, 2.24) is 0 Å². The summed E-state index contributed by atoms with van der Waals surface area (Å²) in [5.74, 6) is 0.554. The van der Waals surface area contributed by atoms with Gasteiger partial charge in [-0.1, -0.05) is 13.8 Å². The first-order chi connectivity index (χ1) is 15.3. The van der Waals surface area contributed by atoms with Gasteiger partial charge in [0.2, 0.25) is 0 Å². The van der Waals surface area contributed by atoms with Crippen LogP contribution in [0.15, 0.2) is 24.5 Å². The Kier molecular flexibility index (Phi) is 12.1. The van der Waals surface area contributed by atoms with Gasteiger partial charge < -0.3 is 17.4 Å². The molecule has 0 fully saturated rings. The van der Waals surface area contributed by atoms with Gasteiger partial charge in [-0.2, -0.15) is 26.3 Å². The molecule has 0 aliphatic heterocycles. The standard InChI is InChI=1S/C14H26NO3Si.C2F6NO4S2/c1-13(2)14-8-6-9-15(12-14)10-7-11-19(16-3,17-4)18-5;3-1(4,5)14(10,11)9-15(12,13)2(6,7)8/h6,8-9,12-13H,7,10-11H2,1-5H3;/q+1;-1. The molecule has 0 amide bonds. The van der Waals surface area contributed by atoms with Gasteiger partial charge in [0.1, 0.15) is 6.54 Å². The Morgan fingerprint density at radius 3 is 1.74 bits per heavy atom. The van der Waals surface area contributed by atoms with E-state index in [1.807, 2.05) is 0 Å². The van der Waals surface area contributed by atoms with Crippen LogP contribution in [0.3, 0.4) is 0 Å². The maximum atomic E-state index is 11.4. The van der Waals surface area contributed by atoms with Crippen molar-refractivity contribution >= 4 is 28.9 Å². The van der Waals surface area contributed by atoms with Crippen LogP contribution in [0.1, 0.15) is 31.7 Å². The van der Waals surface area contributed by atoms with Crippen LogP contribution >= 0.6 is 0 Å². The van der Waals surface area contributed by atoms with Gasteiger partial charge in [-0.05, 0) is 12.0 Å². The number of sulfonamides is 2. The second kappa shape index (κ2) is 12.6. The van der Waals surface area contributed by atoms with Crippen molar-refractivity contribution in [2.24, 2.45) is 0 Å². The summed E-state index contributed by atoms with van der Waals surface area (Å²) >= 11 is 0. The topological polar surface area (TPSA) is 114 Å². The van der Waals surface area contributed by atoms with Crippen molar-refractivity contribution in [2.75, 3.05) is 21.3 Å². The number of halogens is 6. The van der Waals surface area contributed by atoms with E-state index in [9.17, 15) is 43.2 Å². The van der Waals surface area contributed by atoms with E-state index in [4.69, 9.17) is 13.3 Å². The number of aryl methyl sites for hydroxylation is 1. The fourth-order valence-electron chi connectivity index (χ4n) is 2.27. The Bertz CT molecular complexity index is 932. The Hall–Kier alpha value is -1.31. The van der Waals surface area contributed by atoms with Crippen molar-refractivity contribution in [3.05, 3.63) is 34.2 Å². The van der Waals surface area contributed by atoms with Crippen LogP contribution in [-0.2, 0) is 39.9 Å². The monoisotopic (exact) mass is 564 g/mol. The van der Waals surface area contributed by atoms with E-state index in [2.05, 4.69) is 42.9 Å². The maximum absolute atomic E-state index is 11.4. The van der Waals surface area contributed by atoms with Gasteiger partial charge in [0, 0.05) is 45.4 Å². The summed E-state index contributed by atoms with van der Waals surface area (Å²) in [6.45, 7) is 5.36. The van der Waals surface area contributed by atoms with E-state index < -0.39 is 39.9 Å². The lowest BCUT2D eigenvalue weighted by atomic mass is 10.1. The van der Waals surface area contributed by atoms with Gasteiger partial charge in [-0.25, -0.2) is 21.4 Å². The number of nitrogens with zero attached hydrogens (tertiary/aromatic N) is 2. The Morgan fingerprint density at radius 1 is 0.941 bits per heavy atom. The number of alkyl halides is 6. The molecule has 0 atom stereocenters. The average molecular weight is 565 g/mol. The average Bonchev–Trinajstić information content (AvgIpc) is 2.70. The third-order valence-corrected chi connectivity index (χ3v) is 9.73. The molecule has 0 saturated heterocycles. The van der Waals surface area contributed by atoms with Crippen LogP contribution in [0.25, 0.3) is 4.13 Å². The van der Waals surface area contributed by atoms with Gasteiger partial charge in [-0.3, -0.25) is 0 Å². The molecule has 1 aromatic rings. The molecule has 0 aliphatic carbocycles. The molecule has 200 valence electrons. The highest BCUT2D eigenvalue weighted by atomic mass is 32.3. The van der Waals surface area contributed by atoms with Crippen molar-refractivity contribution in [3.63, 3.8) is 0 Å². The smallest absolute Gasteiger partial charge is 0.421 e. The summed E-state index contributed by atoms with van der Waals surface area (Å²) in [4.78, 5) is 0. The number of aromatic nitrogens is 1. The second-order valence-corrected chi connectivity index (χ2v) is 13.4. The van der Waals surface area contributed by atoms with Crippen LogP contribution in [0.2, 0.25) is 6.04 Å². The molecule has 1 rings (SSSR count). The number of pyridine rings is 1. The third-order valence-electron chi connectivity index (χ3n) is 4.16. The van der Waals surface area contributed by atoms with Crippen molar-refractivity contribution in [3.8, 4) is 0 Å². The molecule has 9 nitrogen and oxygen atoms in total. The van der Waals surface area contributed by atoms with Gasteiger partial charge in [0.05, 0.1) is 0 Å². The molecule has 0 N–H and O–H groups in total. The summed E-state index contributed by atoms with van der Waals surface area (Å²) in [5, 5.41) is 0. The van der Waals surface area contributed by atoms with E-state index in [1.54, 1.807) is 21.3 Å². The zero-order chi connectivity index (χ0) is 27.0. The van der Waals surface area contributed by atoms with Crippen molar-refractivity contribution in [2.45, 2.75) is 49.8 Å². The minimum atomic E-state index is -6.72. The summed E-state index contributed by atoms with van der Waals surface area (Å²) in [7, 11) is -10.9. The highest BCUT2D eigenvalue weighted by Gasteiger charge is 2.47. The molecule has 0 spiro atoms. The van der Waals surface area contributed by atoms with Crippen LogP contribution in [0, 0.1) is 0 Å². The molecule has 34 heavy (non-hydrogen) atoms. The first-order valence-electron chi connectivity index (χ1n) is 9.28. The second-order valence-electron chi connectivity index (χ2n) is 6.84. The molecule has 0 aromatic carbocycles. The van der Waals surface area contributed by atoms with Gasteiger partial charge in [0.25, 0.3) is 0 Å². The van der Waals surface area contributed by atoms with Crippen molar-refractivity contribution < 1.29 is 61.0 Å². The summed E-state index contributed by atoms with van der Waals surface area (Å²) in [5.41, 5.74) is -11.0. The van der Waals surface area contributed by atoms with Gasteiger partial charge in [0.15, 0.2) is 32.4 Å². The lowest BCUT2D eigenvalue weighted by Gasteiger charge is -2.23. The zero-order valence-corrected chi connectivity index (χ0v) is 21.5. The lowest BCUT2D eigenvalue weighted by Crippen LogP contribution is -2.44. The van der Waals surface area contributed by atoms with E-state index in [1.165, 1.54) is 5.56 Å². The Balaban J connectivity index is 0.000000661. The minimum absolute atomic E-state index is 0.554. The minimum Gasteiger partial charge on any atom is -0.421 e. The maximum Gasteiger partial charge on any atom is 0.500 e. The highest BCUT2D eigenvalue weighted by Crippen LogP contribution is 2.36. The van der Waals surface area contributed by atoms with Gasteiger partial charge >= 0.3 is 19.8 Å². The zero-order valence-electron chi connectivity index (χ0n) is 18.8. The fourth-order valence-corrected chi connectivity index (χ4v) is 5.68. The van der Waals surface area contributed by atoms with E-state index in [0.29, 0.717) is 5.92 Å². The molecule has 1 aromatic heterocycles. The quantitative estimate of drug-likeness (QED) is 0.243. The molecular formula is C16H26F6N2O7S2Si. The van der Waals surface area contributed by atoms with Crippen LogP contribution in [0.4, 0.5) is 26.3 Å². The molecule has 0 aliphatic rings. The van der Waals surface area contributed by atoms with Crippen molar-refractivity contribution in [1.29, 1.82) is 0 Å². The lowest BCUT2D eigenvalue weighted by molar-refractivity contribution is -0.697. The molecule has 18 heteroatoms. The third kappa shape index (κ3) is 9.74.